The Labute approximate surface area is 138 Å². The molecule has 2 saturated heterocycles. The number of hydrogen-bond acceptors (Lipinski definition) is 5. The van der Waals surface area contributed by atoms with E-state index in [0.717, 1.165) is 32.2 Å². The number of nitrogens with zero attached hydrogens (tertiary/aromatic N) is 2. The number of morpholine rings is 2. The van der Waals surface area contributed by atoms with Gasteiger partial charge in [0.05, 0.1) is 25.4 Å². The van der Waals surface area contributed by atoms with Crippen LogP contribution in [-0.4, -0.2) is 84.6 Å². The summed E-state index contributed by atoms with van der Waals surface area (Å²) in [6.45, 7) is 6.92. The van der Waals surface area contributed by atoms with Crippen LogP contribution in [0.15, 0.2) is 0 Å². The number of carbonyl (C=O) groups excluding carboxylic acids is 1. The maximum absolute atomic E-state index is 12.8. The average molecular weight is 326 g/mol. The standard InChI is InChI=1S/C17H30N2O4/c1-16(15(20)19-8-10-22-11-9-19)13-18(7-12-23-16)14-17(21)5-3-2-4-6-17/h21H,2-14H2,1H3/t16-/m0/s1. The van der Waals surface area contributed by atoms with Gasteiger partial charge in [-0.15, -0.1) is 0 Å². The highest BCUT2D eigenvalue weighted by molar-refractivity contribution is 5.85. The van der Waals surface area contributed by atoms with Crippen LogP contribution in [0.5, 0.6) is 0 Å². The van der Waals surface area contributed by atoms with Crippen molar-refractivity contribution in [3.8, 4) is 0 Å². The largest absolute Gasteiger partial charge is 0.389 e. The van der Waals surface area contributed by atoms with Gasteiger partial charge in [0.1, 0.15) is 0 Å². The minimum atomic E-state index is -0.805. The van der Waals surface area contributed by atoms with Crippen LogP contribution in [0.3, 0.4) is 0 Å². The smallest absolute Gasteiger partial charge is 0.256 e. The van der Waals surface area contributed by atoms with Gasteiger partial charge in [0.2, 0.25) is 0 Å². The summed E-state index contributed by atoms with van der Waals surface area (Å²) in [5.74, 6) is 0.0566. The van der Waals surface area contributed by atoms with Gasteiger partial charge in [0, 0.05) is 32.7 Å². The summed E-state index contributed by atoms with van der Waals surface area (Å²) in [5.41, 5.74) is -1.39. The second-order valence-corrected chi connectivity index (χ2v) is 7.48. The van der Waals surface area contributed by atoms with Crippen molar-refractivity contribution in [2.45, 2.75) is 50.2 Å². The van der Waals surface area contributed by atoms with Crippen molar-refractivity contribution in [2.24, 2.45) is 0 Å². The Morgan fingerprint density at radius 1 is 1.09 bits per heavy atom. The minimum Gasteiger partial charge on any atom is -0.389 e. The van der Waals surface area contributed by atoms with Crippen LogP contribution >= 0.6 is 0 Å². The SMILES string of the molecule is C[C@@]1(C(=O)N2CCOCC2)CN(CC2(O)CCCCC2)CCO1. The Hall–Kier alpha value is -0.690. The van der Waals surface area contributed by atoms with E-state index in [0.29, 0.717) is 46.0 Å². The van der Waals surface area contributed by atoms with Crippen molar-refractivity contribution in [3.63, 3.8) is 0 Å². The Morgan fingerprint density at radius 2 is 1.78 bits per heavy atom. The Balaban J connectivity index is 1.61. The lowest BCUT2D eigenvalue weighted by molar-refractivity contribution is -0.174. The van der Waals surface area contributed by atoms with Crippen molar-refractivity contribution >= 4 is 5.91 Å². The maximum atomic E-state index is 12.8. The van der Waals surface area contributed by atoms with Crippen LogP contribution in [0.4, 0.5) is 0 Å². The quantitative estimate of drug-likeness (QED) is 0.824. The lowest BCUT2D eigenvalue weighted by atomic mass is 9.84. The molecule has 0 aromatic heterocycles. The van der Waals surface area contributed by atoms with Gasteiger partial charge in [-0.1, -0.05) is 19.3 Å². The van der Waals surface area contributed by atoms with Crippen molar-refractivity contribution in [1.29, 1.82) is 0 Å². The van der Waals surface area contributed by atoms with Crippen LogP contribution in [0, 0.1) is 0 Å². The third-order valence-corrected chi connectivity index (χ3v) is 5.41. The summed E-state index contributed by atoms with van der Waals surface area (Å²) in [6, 6.07) is 0. The van der Waals surface area contributed by atoms with Crippen LogP contribution in [0.2, 0.25) is 0 Å². The van der Waals surface area contributed by atoms with Crippen molar-refractivity contribution in [3.05, 3.63) is 0 Å². The van der Waals surface area contributed by atoms with Crippen LogP contribution < -0.4 is 0 Å². The summed E-state index contributed by atoms with van der Waals surface area (Å²) in [5, 5.41) is 10.8. The first-order chi connectivity index (χ1) is 11.0. The monoisotopic (exact) mass is 326 g/mol. The summed E-state index contributed by atoms with van der Waals surface area (Å²) in [7, 11) is 0. The molecule has 2 aliphatic heterocycles. The molecule has 1 amide bonds. The highest BCUT2D eigenvalue weighted by Gasteiger charge is 2.44. The first-order valence-electron chi connectivity index (χ1n) is 8.97. The first kappa shape index (κ1) is 17.1. The molecule has 0 spiro atoms. The minimum absolute atomic E-state index is 0.0566. The topological polar surface area (TPSA) is 62.2 Å². The molecule has 0 radical (unpaired) electrons. The Bertz CT molecular complexity index is 419. The van der Waals surface area contributed by atoms with E-state index in [9.17, 15) is 9.90 Å². The summed E-state index contributed by atoms with van der Waals surface area (Å²) in [4.78, 5) is 16.9. The average Bonchev–Trinajstić information content (AvgIpc) is 2.55. The fourth-order valence-electron chi connectivity index (χ4n) is 4.10. The molecule has 0 bridgehead atoms. The number of hydrogen-bond donors (Lipinski definition) is 1. The number of rotatable bonds is 3. The zero-order chi connectivity index (χ0) is 16.3. The maximum Gasteiger partial charge on any atom is 0.256 e. The van der Waals surface area contributed by atoms with E-state index < -0.39 is 11.2 Å². The summed E-state index contributed by atoms with van der Waals surface area (Å²) < 4.78 is 11.2. The van der Waals surface area contributed by atoms with Crippen molar-refractivity contribution in [2.75, 3.05) is 52.5 Å². The number of aliphatic hydroxyl groups is 1. The zero-order valence-corrected chi connectivity index (χ0v) is 14.3. The lowest BCUT2D eigenvalue weighted by Gasteiger charge is -2.45. The molecule has 6 nitrogen and oxygen atoms in total. The molecule has 1 aliphatic carbocycles. The number of amides is 1. The fraction of sp³-hybridized carbons (Fsp3) is 0.941. The molecule has 23 heavy (non-hydrogen) atoms. The van der Waals surface area contributed by atoms with Gasteiger partial charge in [0.15, 0.2) is 5.60 Å². The third kappa shape index (κ3) is 4.05. The van der Waals surface area contributed by atoms with E-state index in [4.69, 9.17) is 9.47 Å². The molecule has 3 rings (SSSR count). The van der Waals surface area contributed by atoms with E-state index in [1.165, 1.54) is 6.42 Å². The van der Waals surface area contributed by atoms with Gasteiger partial charge in [-0.2, -0.15) is 0 Å². The zero-order valence-electron chi connectivity index (χ0n) is 14.3. The van der Waals surface area contributed by atoms with Gasteiger partial charge in [0.25, 0.3) is 5.91 Å². The predicted octanol–water partition coefficient (Wildman–Crippen LogP) is 0.631. The molecule has 132 valence electrons. The molecule has 0 aromatic rings. The number of ether oxygens (including phenoxy) is 2. The van der Waals surface area contributed by atoms with Crippen molar-refractivity contribution in [1.82, 2.24) is 9.80 Å². The molecule has 0 unspecified atom stereocenters. The molecular formula is C17H30N2O4. The highest BCUT2D eigenvalue weighted by atomic mass is 16.5. The van der Waals surface area contributed by atoms with Crippen LogP contribution in [0.1, 0.15) is 39.0 Å². The van der Waals surface area contributed by atoms with Gasteiger partial charge in [-0.25, -0.2) is 0 Å². The van der Waals surface area contributed by atoms with E-state index in [1.807, 2.05) is 11.8 Å². The van der Waals surface area contributed by atoms with E-state index in [1.54, 1.807) is 0 Å². The molecule has 2 heterocycles. The van der Waals surface area contributed by atoms with Crippen LogP contribution in [0.25, 0.3) is 0 Å². The Morgan fingerprint density at radius 3 is 2.48 bits per heavy atom. The summed E-state index contributed by atoms with van der Waals surface area (Å²) in [6.07, 6.45) is 5.17. The first-order valence-corrected chi connectivity index (χ1v) is 8.97. The van der Waals surface area contributed by atoms with Gasteiger partial charge in [-0.3, -0.25) is 9.69 Å². The molecule has 3 aliphatic rings. The molecule has 3 fully saturated rings. The van der Waals surface area contributed by atoms with Gasteiger partial charge < -0.3 is 19.5 Å². The summed E-state index contributed by atoms with van der Waals surface area (Å²) >= 11 is 0. The lowest BCUT2D eigenvalue weighted by Crippen LogP contribution is -2.62. The van der Waals surface area contributed by atoms with Gasteiger partial charge >= 0.3 is 0 Å². The molecule has 0 aromatic carbocycles. The van der Waals surface area contributed by atoms with E-state index >= 15 is 0 Å². The molecule has 1 N–H and O–H groups in total. The molecule has 6 heteroatoms. The second-order valence-electron chi connectivity index (χ2n) is 7.48. The second kappa shape index (κ2) is 7.05. The molecule has 1 saturated carbocycles. The van der Waals surface area contributed by atoms with Crippen LogP contribution in [-0.2, 0) is 14.3 Å². The highest BCUT2D eigenvalue weighted by Crippen LogP contribution is 2.30. The normalized spacial score (nSPS) is 32.7. The third-order valence-electron chi connectivity index (χ3n) is 5.41. The van der Waals surface area contributed by atoms with Crippen molar-refractivity contribution < 1.29 is 19.4 Å². The molecule has 1 atom stereocenters. The Kier molecular flexibility index (Phi) is 5.26. The predicted molar refractivity (Wildman–Crippen MR) is 86.2 cm³/mol. The van der Waals surface area contributed by atoms with E-state index in [-0.39, 0.29) is 5.91 Å². The molecular weight excluding hydrogens is 296 g/mol. The fourth-order valence-corrected chi connectivity index (χ4v) is 4.10. The van der Waals surface area contributed by atoms with Gasteiger partial charge in [-0.05, 0) is 19.8 Å². The number of carbonyl (C=O) groups is 1. The van der Waals surface area contributed by atoms with E-state index in [2.05, 4.69) is 4.90 Å². The number of β-amino-alcohol motifs (C(OH)–C–C–N with tert-alkyl or cyclic N) is 1.